The van der Waals surface area contributed by atoms with Crippen molar-refractivity contribution < 1.29 is 9.48 Å². The topological polar surface area (TPSA) is 74.6 Å². The molecule has 6 nitrogen and oxygen atoms in total. The Morgan fingerprint density at radius 2 is 1.59 bits per heavy atom. The number of nitrogens with zero attached hydrogens (tertiary/aromatic N) is 3. The number of nitrogens with one attached hydrogen (secondary N) is 2. The molecule has 4 aromatic rings. The Kier molecular flexibility index (Phi) is 6.83. The molecule has 1 heterocycles. The normalized spacial score (nSPS) is 12.8. The Bertz CT molecular complexity index is 1160. The molecule has 2 N–H and O–H groups in total. The van der Waals surface area contributed by atoms with Gasteiger partial charge in [-0.2, -0.15) is 0 Å². The van der Waals surface area contributed by atoms with Gasteiger partial charge in [-0.3, -0.25) is 4.79 Å². The Hall–Kier alpha value is -3.22. The quantitative estimate of drug-likeness (QED) is 0.392. The first-order valence-corrected chi connectivity index (χ1v) is 10.9. The second-order valence-corrected chi connectivity index (χ2v) is 8.47. The molecule has 0 aliphatic rings. The molecule has 0 fully saturated rings. The number of hydrogen-bond donors (Lipinski definition) is 2. The van der Waals surface area contributed by atoms with E-state index in [0.717, 1.165) is 23.2 Å². The molecule has 3 aromatic carbocycles. The maximum atomic E-state index is 13.0. The summed E-state index contributed by atoms with van der Waals surface area (Å²) in [5.41, 5.74) is 3.66. The van der Waals surface area contributed by atoms with Gasteiger partial charge in [0.05, 0.1) is 0 Å². The van der Waals surface area contributed by atoms with Crippen molar-refractivity contribution >= 4 is 29.1 Å². The van der Waals surface area contributed by atoms with Crippen LogP contribution in [0.2, 0.25) is 10.0 Å². The van der Waals surface area contributed by atoms with Crippen LogP contribution in [0.3, 0.4) is 0 Å². The van der Waals surface area contributed by atoms with Crippen molar-refractivity contribution in [2.75, 3.05) is 0 Å². The number of aromatic nitrogens is 4. The lowest BCUT2D eigenvalue weighted by atomic mass is 9.86. The van der Waals surface area contributed by atoms with Crippen LogP contribution in [0.5, 0.6) is 0 Å². The number of aromatic amines is 1. The molecular formula is C24H22Cl2N5O+. The lowest BCUT2D eigenvalue weighted by Gasteiger charge is -2.26. The van der Waals surface area contributed by atoms with Crippen molar-refractivity contribution in [1.82, 2.24) is 20.8 Å². The van der Waals surface area contributed by atoms with E-state index in [1.165, 1.54) is 0 Å². The third-order valence-electron chi connectivity index (χ3n) is 5.41. The smallest absolute Gasteiger partial charge is 0.293 e. The summed E-state index contributed by atoms with van der Waals surface area (Å²) in [5.74, 6) is -0.0739. The van der Waals surface area contributed by atoms with E-state index in [4.69, 9.17) is 23.2 Å². The first-order valence-electron chi connectivity index (χ1n) is 10.2. The van der Waals surface area contributed by atoms with E-state index in [1.54, 1.807) is 23.1 Å². The zero-order valence-electron chi connectivity index (χ0n) is 17.4. The molecule has 0 radical (unpaired) electrons. The average Bonchev–Trinajstić information content (AvgIpc) is 3.34. The van der Waals surface area contributed by atoms with Gasteiger partial charge in [0.1, 0.15) is 10.8 Å². The van der Waals surface area contributed by atoms with Crippen LogP contribution in [0.15, 0.2) is 79.1 Å². The summed E-state index contributed by atoms with van der Waals surface area (Å²) in [6.07, 6.45) is 2.31. The predicted octanol–water partition coefficient (Wildman–Crippen LogP) is 4.53. The first-order chi connectivity index (χ1) is 15.5. The van der Waals surface area contributed by atoms with Crippen LogP contribution in [-0.4, -0.2) is 27.5 Å². The molecule has 162 valence electrons. The highest BCUT2D eigenvalue weighted by molar-refractivity contribution is 6.30. The van der Waals surface area contributed by atoms with Gasteiger partial charge in [-0.1, -0.05) is 52.7 Å². The van der Waals surface area contributed by atoms with Gasteiger partial charge in [-0.15, -0.1) is 4.68 Å². The largest absolute Gasteiger partial charge is 0.349 e. The number of hydrogen-bond acceptors (Lipinski definition) is 3. The van der Waals surface area contributed by atoms with Crippen LogP contribution in [-0.2, 0) is 6.42 Å². The number of rotatable bonds is 7. The minimum atomic E-state index is -0.133. The van der Waals surface area contributed by atoms with Crippen molar-refractivity contribution in [3.63, 3.8) is 0 Å². The molecule has 8 heteroatoms. The van der Waals surface area contributed by atoms with Gasteiger partial charge in [0.25, 0.3) is 12.2 Å². The van der Waals surface area contributed by atoms with Crippen LogP contribution < -0.4 is 10.00 Å². The van der Waals surface area contributed by atoms with Gasteiger partial charge < -0.3 is 5.32 Å². The fraction of sp³-hybridized carbons (Fsp3) is 0.167. The van der Waals surface area contributed by atoms with Gasteiger partial charge in [0.15, 0.2) is 5.21 Å². The third-order valence-corrected chi connectivity index (χ3v) is 5.92. The van der Waals surface area contributed by atoms with E-state index in [0.29, 0.717) is 15.6 Å². The third kappa shape index (κ3) is 5.33. The summed E-state index contributed by atoms with van der Waals surface area (Å²) in [6.45, 7) is 2.02. The molecule has 0 saturated carbocycles. The fourth-order valence-corrected chi connectivity index (χ4v) is 3.89. The predicted molar refractivity (Wildman–Crippen MR) is 124 cm³/mol. The Morgan fingerprint density at radius 3 is 2.19 bits per heavy atom. The Balaban J connectivity index is 1.52. The SMILES string of the molecule is C[C@@H](NC(=O)c1ccc(-[n+]2cnn[nH]2)cc1)[C@H](Cc1ccc(Cl)cc1)c1ccc(Cl)cc1. The molecule has 2 atom stereocenters. The maximum absolute atomic E-state index is 13.0. The number of carbonyl (C=O) groups is 1. The molecule has 1 amide bonds. The number of halogens is 2. The first kappa shape index (κ1) is 22.0. The molecular weight excluding hydrogens is 445 g/mol. The van der Waals surface area contributed by atoms with Crippen LogP contribution >= 0.6 is 23.2 Å². The van der Waals surface area contributed by atoms with Crippen LogP contribution in [0, 0.1) is 0 Å². The number of amides is 1. The number of tetrazole rings is 1. The summed E-state index contributed by atoms with van der Waals surface area (Å²) in [5, 5.41) is 14.7. The van der Waals surface area contributed by atoms with Crippen LogP contribution in [0.25, 0.3) is 5.69 Å². The van der Waals surface area contributed by atoms with E-state index in [1.807, 2.05) is 67.6 Å². The molecule has 32 heavy (non-hydrogen) atoms. The fourth-order valence-electron chi connectivity index (χ4n) is 3.63. The number of carbonyl (C=O) groups excluding carboxylic acids is 1. The van der Waals surface area contributed by atoms with Crippen LogP contribution in [0.1, 0.15) is 34.3 Å². The van der Waals surface area contributed by atoms with E-state index in [9.17, 15) is 4.79 Å². The molecule has 0 unspecified atom stereocenters. The van der Waals surface area contributed by atoms with Gasteiger partial charge in [0.2, 0.25) is 0 Å². The minimum Gasteiger partial charge on any atom is -0.349 e. The van der Waals surface area contributed by atoms with Crippen molar-refractivity contribution in [3.05, 3.63) is 106 Å². The van der Waals surface area contributed by atoms with Gasteiger partial charge in [0, 0.05) is 27.6 Å². The maximum Gasteiger partial charge on any atom is 0.293 e. The lowest BCUT2D eigenvalue weighted by molar-refractivity contribution is -0.660. The summed E-state index contributed by atoms with van der Waals surface area (Å²) in [7, 11) is 0. The highest BCUT2D eigenvalue weighted by Gasteiger charge is 2.22. The van der Waals surface area contributed by atoms with Gasteiger partial charge >= 0.3 is 0 Å². The Labute approximate surface area is 196 Å². The van der Waals surface area contributed by atoms with Crippen molar-refractivity contribution in [2.45, 2.75) is 25.3 Å². The number of benzene rings is 3. The number of H-pyrrole nitrogens is 1. The molecule has 0 spiro atoms. The summed E-state index contributed by atoms with van der Waals surface area (Å²) in [4.78, 5) is 13.0. The van der Waals surface area contributed by atoms with E-state index in [2.05, 4.69) is 20.8 Å². The molecule has 1 aromatic heterocycles. The summed E-state index contributed by atoms with van der Waals surface area (Å²) < 4.78 is 1.66. The molecule has 0 bridgehead atoms. The Morgan fingerprint density at radius 1 is 0.969 bits per heavy atom. The summed E-state index contributed by atoms with van der Waals surface area (Å²) >= 11 is 12.1. The molecule has 0 aliphatic carbocycles. The zero-order chi connectivity index (χ0) is 22.5. The van der Waals surface area contributed by atoms with E-state index < -0.39 is 0 Å². The standard InChI is InChI=1S/C24H21Cl2N5O/c1-16(28-24(32)19-6-12-22(13-7-19)31-15-27-29-30-31)23(18-4-10-21(26)11-5-18)14-17-2-8-20(25)9-3-17/h2-13,15-16,23H,14H2,1H3,(H,28,32)/p+1/t16-,23+/m1/s1. The monoisotopic (exact) mass is 466 g/mol. The van der Waals surface area contributed by atoms with E-state index in [-0.39, 0.29) is 17.9 Å². The lowest BCUT2D eigenvalue weighted by Crippen LogP contribution is -2.38. The van der Waals surface area contributed by atoms with Crippen LogP contribution in [0.4, 0.5) is 0 Å². The highest BCUT2D eigenvalue weighted by atomic mass is 35.5. The van der Waals surface area contributed by atoms with Gasteiger partial charge in [-0.25, -0.2) is 0 Å². The molecule has 4 rings (SSSR count). The average molecular weight is 467 g/mol. The van der Waals surface area contributed by atoms with E-state index >= 15 is 0 Å². The van der Waals surface area contributed by atoms with Crippen molar-refractivity contribution in [2.24, 2.45) is 0 Å². The zero-order valence-corrected chi connectivity index (χ0v) is 18.9. The van der Waals surface area contributed by atoms with Crippen molar-refractivity contribution in [1.29, 1.82) is 0 Å². The van der Waals surface area contributed by atoms with Gasteiger partial charge in [-0.05, 0) is 73.0 Å². The van der Waals surface area contributed by atoms with Crippen molar-refractivity contribution in [3.8, 4) is 5.69 Å². The second-order valence-electron chi connectivity index (χ2n) is 7.60. The summed E-state index contributed by atoms with van der Waals surface area (Å²) in [6, 6.07) is 22.7. The highest BCUT2D eigenvalue weighted by Crippen LogP contribution is 2.27. The second kappa shape index (κ2) is 9.94. The minimum absolute atomic E-state index is 0.0586. The molecule has 0 saturated heterocycles. The molecule has 0 aliphatic heterocycles.